The molecule has 0 aliphatic rings. The summed E-state index contributed by atoms with van der Waals surface area (Å²) in [4.78, 5) is 13.1. The molecule has 0 radical (unpaired) electrons. The van der Waals surface area contributed by atoms with Gasteiger partial charge in [0.2, 0.25) is 6.08 Å². The summed E-state index contributed by atoms with van der Waals surface area (Å²) < 4.78 is 4.69. The third-order valence-corrected chi connectivity index (χ3v) is 1.69. The van der Waals surface area contributed by atoms with Gasteiger partial charge in [0.1, 0.15) is 10.7 Å². The largest absolute Gasteiger partial charge is 0.334 e. The molecule has 1 rings (SSSR count). The molecule has 5 heteroatoms. The number of isocyanates is 1. The molecule has 0 spiro atoms. The first-order chi connectivity index (χ1) is 5.66. The molecule has 0 bridgehead atoms. The highest BCUT2D eigenvalue weighted by Gasteiger charge is 2.15. The highest BCUT2D eigenvalue weighted by Crippen LogP contribution is 2.31. The second-order valence-electron chi connectivity index (χ2n) is 2.54. The Balaban J connectivity index is 3.12. The van der Waals surface area contributed by atoms with Crippen molar-refractivity contribution in [1.29, 1.82) is 0 Å². The van der Waals surface area contributed by atoms with Crippen LogP contribution in [0.4, 0.5) is 5.88 Å². The van der Waals surface area contributed by atoms with Crippen molar-refractivity contribution >= 4 is 23.6 Å². The molecule has 0 fully saturated rings. The Kier molecular flexibility index (Phi) is 2.63. The van der Waals surface area contributed by atoms with E-state index in [1.807, 2.05) is 13.8 Å². The maximum Gasteiger partial charge on any atom is 0.280 e. The van der Waals surface area contributed by atoms with Crippen molar-refractivity contribution in [2.75, 3.05) is 0 Å². The van der Waals surface area contributed by atoms with Gasteiger partial charge in [0, 0.05) is 5.92 Å². The zero-order valence-electron chi connectivity index (χ0n) is 6.67. The molecule has 4 nitrogen and oxygen atoms in total. The molecule has 64 valence electrons. The van der Waals surface area contributed by atoms with Crippen molar-refractivity contribution < 1.29 is 9.32 Å². The first-order valence-corrected chi connectivity index (χ1v) is 3.77. The van der Waals surface area contributed by atoms with E-state index in [-0.39, 0.29) is 16.8 Å². The number of hydrogen-bond donors (Lipinski definition) is 0. The monoisotopic (exact) mass is 186 g/mol. The van der Waals surface area contributed by atoms with Crippen LogP contribution >= 0.6 is 11.6 Å². The van der Waals surface area contributed by atoms with E-state index in [1.54, 1.807) is 0 Å². The average Bonchev–Trinajstić information content (AvgIpc) is 2.34. The third-order valence-electron chi connectivity index (χ3n) is 1.34. The molecule has 1 heterocycles. The molecule has 0 aliphatic heterocycles. The number of rotatable bonds is 2. The first-order valence-electron chi connectivity index (χ1n) is 3.39. The van der Waals surface area contributed by atoms with Gasteiger partial charge in [-0.2, -0.15) is 0 Å². The fraction of sp³-hybridized carbons (Fsp3) is 0.429. The summed E-state index contributed by atoms with van der Waals surface area (Å²) in [5.74, 6) is 0.173. The number of nitrogens with zero attached hydrogens (tertiary/aromatic N) is 2. The first kappa shape index (κ1) is 8.97. The quantitative estimate of drug-likeness (QED) is 0.527. The SMILES string of the molecule is CC(C)c1noc(N=C=O)c1Cl. The van der Waals surface area contributed by atoms with E-state index >= 15 is 0 Å². The summed E-state index contributed by atoms with van der Waals surface area (Å²) in [5, 5.41) is 3.94. The normalized spacial score (nSPS) is 10.0. The van der Waals surface area contributed by atoms with Crippen LogP contribution in [-0.2, 0) is 4.79 Å². The molecule has 0 unspecified atom stereocenters. The van der Waals surface area contributed by atoms with E-state index in [1.165, 1.54) is 6.08 Å². The molecule has 12 heavy (non-hydrogen) atoms. The van der Waals surface area contributed by atoms with Gasteiger partial charge in [0.05, 0.1) is 0 Å². The maximum absolute atomic E-state index is 9.87. The van der Waals surface area contributed by atoms with E-state index < -0.39 is 0 Å². The van der Waals surface area contributed by atoms with Gasteiger partial charge >= 0.3 is 0 Å². The smallest absolute Gasteiger partial charge is 0.280 e. The molecule has 0 aromatic carbocycles. The van der Waals surface area contributed by atoms with Crippen molar-refractivity contribution in [3.8, 4) is 0 Å². The Bertz CT molecular complexity index is 326. The van der Waals surface area contributed by atoms with E-state index in [2.05, 4.69) is 14.7 Å². The standard InChI is InChI=1S/C7H7ClN2O2/c1-4(2)6-5(8)7(9-3-11)12-10-6/h4H,1-2H3. The summed E-state index contributed by atoms with van der Waals surface area (Å²) in [5.41, 5.74) is 0.602. The van der Waals surface area contributed by atoms with Gasteiger partial charge in [-0.15, -0.1) is 4.99 Å². The molecule has 0 saturated heterocycles. The number of hydrogen-bond acceptors (Lipinski definition) is 4. The molecular formula is C7H7ClN2O2. The predicted molar refractivity (Wildman–Crippen MR) is 43.4 cm³/mol. The number of aliphatic imine (C=N–C) groups is 1. The van der Waals surface area contributed by atoms with Crippen LogP contribution in [0.25, 0.3) is 0 Å². The van der Waals surface area contributed by atoms with Crippen LogP contribution in [0.3, 0.4) is 0 Å². The van der Waals surface area contributed by atoms with Crippen molar-refractivity contribution in [2.24, 2.45) is 4.99 Å². The lowest BCUT2D eigenvalue weighted by Crippen LogP contribution is -1.86. The van der Waals surface area contributed by atoms with Crippen LogP contribution < -0.4 is 0 Å². The second-order valence-corrected chi connectivity index (χ2v) is 2.92. The fourth-order valence-corrected chi connectivity index (χ4v) is 1.08. The van der Waals surface area contributed by atoms with Gasteiger partial charge in [0.25, 0.3) is 5.88 Å². The molecular weight excluding hydrogens is 180 g/mol. The van der Waals surface area contributed by atoms with Crippen LogP contribution in [0.15, 0.2) is 9.52 Å². The van der Waals surface area contributed by atoms with Gasteiger partial charge < -0.3 is 4.52 Å². The summed E-state index contributed by atoms with van der Waals surface area (Å²) in [6, 6.07) is 0. The lowest BCUT2D eigenvalue weighted by Gasteiger charge is -1.95. The Morgan fingerprint density at radius 2 is 2.33 bits per heavy atom. The summed E-state index contributed by atoms with van der Waals surface area (Å²) >= 11 is 5.77. The van der Waals surface area contributed by atoms with Crippen molar-refractivity contribution in [3.05, 3.63) is 10.7 Å². The highest BCUT2D eigenvalue weighted by atomic mass is 35.5. The van der Waals surface area contributed by atoms with Crippen LogP contribution in [0, 0.1) is 0 Å². The fourth-order valence-electron chi connectivity index (χ4n) is 0.752. The van der Waals surface area contributed by atoms with Gasteiger partial charge in [-0.1, -0.05) is 30.6 Å². The minimum atomic E-state index is 0.0235. The van der Waals surface area contributed by atoms with Gasteiger partial charge in [-0.05, 0) is 0 Å². The molecule has 0 saturated carbocycles. The zero-order chi connectivity index (χ0) is 9.14. The van der Waals surface area contributed by atoms with Crippen LogP contribution in [-0.4, -0.2) is 11.2 Å². The van der Waals surface area contributed by atoms with E-state index in [9.17, 15) is 4.79 Å². The highest BCUT2D eigenvalue weighted by molar-refractivity contribution is 6.33. The Morgan fingerprint density at radius 3 is 2.75 bits per heavy atom. The summed E-state index contributed by atoms with van der Waals surface area (Å²) in [6.45, 7) is 3.83. The van der Waals surface area contributed by atoms with Gasteiger partial charge in [-0.25, -0.2) is 4.79 Å². The number of aromatic nitrogens is 1. The van der Waals surface area contributed by atoms with Crippen LogP contribution in [0.5, 0.6) is 0 Å². The van der Waals surface area contributed by atoms with E-state index in [0.29, 0.717) is 5.69 Å². The maximum atomic E-state index is 9.87. The topological polar surface area (TPSA) is 55.5 Å². The van der Waals surface area contributed by atoms with E-state index in [0.717, 1.165) is 0 Å². The Hall–Kier alpha value is -1.12. The van der Waals surface area contributed by atoms with Gasteiger partial charge in [0.15, 0.2) is 0 Å². The van der Waals surface area contributed by atoms with Crippen molar-refractivity contribution in [1.82, 2.24) is 5.16 Å². The summed E-state index contributed by atoms with van der Waals surface area (Å²) in [7, 11) is 0. The van der Waals surface area contributed by atoms with Crippen LogP contribution in [0.2, 0.25) is 5.02 Å². The molecule has 1 aromatic heterocycles. The molecule has 0 N–H and O–H groups in total. The predicted octanol–water partition coefficient (Wildman–Crippen LogP) is 2.42. The van der Waals surface area contributed by atoms with E-state index in [4.69, 9.17) is 11.6 Å². The van der Waals surface area contributed by atoms with Crippen LogP contribution in [0.1, 0.15) is 25.5 Å². The van der Waals surface area contributed by atoms with Crippen molar-refractivity contribution in [3.63, 3.8) is 0 Å². The molecule has 0 aliphatic carbocycles. The van der Waals surface area contributed by atoms with Crippen molar-refractivity contribution in [2.45, 2.75) is 19.8 Å². The number of carbonyl (C=O) groups excluding carboxylic acids is 1. The molecule has 1 aromatic rings. The minimum absolute atomic E-state index is 0.0235. The lowest BCUT2D eigenvalue weighted by atomic mass is 10.1. The number of halogens is 1. The third kappa shape index (κ3) is 1.55. The minimum Gasteiger partial charge on any atom is -0.334 e. The Morgan fingerprint density at radius 1 is 1.67 bits per heavy atom. The second kappa shape index (κ2) is 3.52. The molecule has 0 amide bonds. The molecule has 0 atom stereocenters. The van der Waals surface area contributed by atoms with Gasteiger partial charge in [-0.3, -0.25) is 0 Å². The zero-order valence-corrected chi connectivity index (χ0v) is 7.42. The lowest BCUT2D eigenvalue weighted by molar-refractivity contribution is 0.417. The Labute approximate surface area is 74.2 Å². The summed E-state index contributed by atoms with van der Waals surface area (Å²) in [6.07, 6.45) is 1.33. The average molecular weight is 187 g/mol.